The van der Waals surface area contributed by atoms with Crippen molar-refractivity contribution < 1.29 is 23.1 Å². The zero-order valence-electron chi connectivity index (χ0n) is 22.8. The predicted molar refractivity (Wildman–Crippen MR) is 152 cm³/mol. The predicted octanol–water partition coefficient (Wildman–Crippen LogP) is 6.35. The lowest BCUT2D eigenvalue weighted by Crippen LogP contribution is -2.34. The highest BCUT2D eigenvalue weighted by Gasteiger charge is 2.33. The molecule has 0 aliphatic rings. The second-order valence-corrected chi connectivity index (χ2v) is 9.66. The number of carbonyl (C=O) groups excluding carboxylic acids is 1. The Morgan fingerprint density at radius 1 is 0.976 bits per heavy atom. The molecule has 3 N–H and O–H groups in total. The first-order valence-electron chi connectivity index (χ1n) is 12.9. The summed E-state index contributed by atoms with van der Waals surface area (Å²) in [6.07, 6.45) is 0.193. The molecule has 0 spiro atoms. The fourth-order valence-electron chi connectivity index (χ4n) is 4.29. The topological polar surface area (TPSA) is 120 Å². The first kappa shape index (κ1) is 28.4. The molecular weight excluding hydrogens is 547 g/mol. The summed E-state index contributed by atoms with van der Waals surface area (Å²) >= 11 is 0. The third-order valence-corrected chi connectivity index (χ3v) is 6.40. The monoisotopic (exact) mass is 573 g/mol. The molecule has 12 heteroatoms. The van der Waals surface area contributed by atoms with Crippen LogP contribution in [-0.2, 0) is 11.0 Å². The van der Waals surface area contributed by atoms with Crippen LogP contribution in [-0.4, -0.2) is 42.0 Å². The number of aliphatic hydroxyl groups is 1. The Morgan fingerprint density at radius 2 is 1.79 bits per heavy atom. The van der Waals surface area contributed by atoms with Crippen molar-refractivity contribution in [1.29, 1.82) is 0 Å². The van der Waals surface area contributed by atoms with E-state index in [2.05, 4.69) is 30.2 Å². The van der Waals surface area contributed by atoms with Crippen LogP contribution in [0.4, 0.5) is 36.2 Å². The van der Waals surface area contributed by atoms with Crippen molar-refractivity contribution in [1.82, 2.24) is 24.9 Å². The van der Waals surface area contributed by atoms with Crippen LogP contribution in [0.3, 0.4) is 0 Å². The van der Waals surface area contributed by atoms with Gasteiger partial charge in [-0.25, -0.2) is 15.0 Å². The molecular formula is C30H26F3N7O2. The minimum absolute atomic E-state index is 0.0931. The molecule has 1 atom stereocenters. The van der Waals surface area contributed by atoms with Gasteiger partial charge in [0.25, 0.3) is 5.91 Å². The van der Waals surface area contributed by atoms with Crippen LogP contribution in [0.1, 0.15) is 23.7 Å². The van der Waals surface area contributed by atoms with Gasteiger partial charge in [-0.15, -0.1) is 0 Å². The van der Waals surface area contributed by atoms with E-state index in [4.69, 9.17) is 0 Å². The average molecular weight is 574 g/mol. The molecule has 0 saturated carbocycles. The van der Waals surface area contributed by atoms with Crippen LogP contribution in [0.15, 0.2) is 79.4 Å². The second-order valence-electron chi connectivity index (χ2n) is 9.66. The molecule has 1 amide bonds. The first-order chi connectivity index (χ1) is 20.0. The third-order valence-electron chi connectivity index (χ3n) is 6.40. The molecule has 9 nitrogen and oxygen atoms in total. The fourth-order valence-corrected chi connectivity index (χ4v) is 4.29. The van der Waals surface area contributed by atoms with Crippen LogP contribution in [0.5, 0.6) is 0 Å². The average Bonchev–Trinajstić information content (AvgIpc) is 3.41. The Labute approximate surface area is 239 Å². The number of halogens is 3. The van der Waals surface area contributed by atoms with Gasteiger partial charge in [-0.2, -0.15) is 13.2 Å². The number of nitrogens with one attached hydrogen (secondary N) is 2. The summed E-state index contributed by atoms with van der Waals surface area (Å²) in [5.74, 6) is -0.346. The Balaban J connectivity index is 1.59. The Kier molecular flexibility index (Phi) is 7.72. The SMILES string of the molecule is Cc1cnc(-c2cc(N(C(=O)C(C)O)c3ccc(C)c(Nc4nccc(-c5cccnc5)n4)c3)cc(C(F)(F)F)c2)[nH]1. The number of carbonyl (C=O) groups is 1. The van der Waals surface area contributed by atoms with Gasteiger partial charge in [-0.05, 0) is 74.9 Å². The Morgan fingerprint density at radius 3 is 2.45 bits per heavy atom. The second kappa shape index (κ2) is 11.4. The van der Waals surface area contributed by atoms with Crippen LogP contribution in [0.2, 0.25) is 0 Å². The summed E-state index contributed by atoms with van der Waals surface area (Å²) in [5, 5.41) is 13.4. The zero-order valence-corrected chi connectivity index (χ0v) is 22.8. The number of aryl methyl sites for hydroxylation is 2. The van der Waals surface area contributed by atoms with Gasteiger partial charge in [0.1, 0.15) is 11.9 Å². The first-order valence-corrected chi connectivity index (χ1v) is 12.9. The maximum Gasteiger partial charge on any atom is 0.416 e. The third kappa shape index (κ3) is 6.13. The summed E-state index contributed by atoms with van der Waals surface area (Å²) in [7, 11) is 0. The summed E-state index contributed by atoms with van der Waals surface area (Å²) in [4.78, 5) is 34.4. The largest absolute Gasteiger partial charge is 0.416 e. The maximum absolute atomic E-state index is 14.0. The Bertz CT molecular complexity index is 1740. The normalized spacial score (nSPS) is 12.2. The number of rotatable bonds is 7. The van der Waals surface area contributed by atoms with Crippen molar-refractivity contribution >= 4 is 28.9 Å². The van der Waals surface area contributed by atoms with E-state index in [9.17, 15) is 23.1 Å². The molecule has 5 aromatic rings. The number of benzene rings is 2. The minimum atomic E-state index is -4.71. The summed E-state index contributed by atoms with van der Waals surface area (Å²) in [6, 6.07) is 13.5. The lowest BCUT2D eigenvalue weighted by molar-refractivity contribution is -0.137. The minimum Gasteiger partial charge on any atom is -0.384 e. The van der Waals surface area contributed by atoms with Crippen molar-refractivity contribution in [2.75, 3.05) is 10.2 Å². The van der Waals surface area contributed by atoms with Gasteiger partial charge in [0.2, 0.25) is 5.95 Å². The van der Waals surface area contributed by atoms with Gasteiger partial charge in [-0.1, -0.05) is 6.07 Å². The molecule has 0 saturated heterocycles. The molecule has 42 heavy (non-hydrogen) atoms. The maximum atomic E-state index is 14.0. The number of aromatic amines is 1. The van der Waals surface area contributed by atoms with Crippen LogP contribution in [0.25, 0.3) is 22.6 Å². The molecule has 0 aliphatic heterocycles. The number of aromatic nitrogens is 5. The van der Waals surface area contributed by atoms with Gasteiger partial charge in [-0.3, -0.25) is 14.7 Å². The van der Waals surface area contributed by atoms with Crippen molar-refractivity contribution in [3.63, 3.8) is 0 Å². The van der Waals surface area contributed by atoms with Gasteiger partial charge in [0.15, 0.2) is 0 Å². The smallest absolute Gasteiger partial charge is 0.384 e. The highest BCUT2D eigenvalue weighted by molar-refractivity contribution is 6.03. The molecule has 0 aliphatic carbocycles. The molecule has 1 unspecified atom stereocenters. The van der Waals surface area contributed by atoms with E-state index < -0.39 is 23.8 Å². The van der Waals surface area contributed by atoms with E-state index >= 15 is 0 Å². The van der Waals surface area contributed by atoms with E-state index in [1.807, 2.05) is 13.0 Å². The van der Waals surface area contributed by atoms with E-state index in [0.717, 1.165) is 28.2 Å². The summed E-state index contributed by atoms with van der Waals surface area (Å²) in [6.45, 7) is 4.80. The molecule has 0 fully saturated rings. The number of aliphatic hydroxyl groups excluding tert-OH is 1. The van der Waals surface area contributed by atoms with Crippen molar-refractivity contribution in [3.8, 4) is 22.6 Å². The van der Waals surface area contributed by atoms with Crippen molar-refractivity contribution in [3.05, 3.63) is 96.2 Å². The van der Waals surface area contributed by atoms with Gasteiger partial charge >= 0.3 is 6.18 Å². The lowest BCUT2D eigenvalue weighted by Gasteiger charge is -2.26. The number of imidazole rings is 1. The van der Waals surface area contributed by atoms with Crippen LogP contribution < -0.4 is 10.2 Å². The van der Waals surface area contributed by atoms with Gasteiger partial charge in [0.05, 0.1) is 22.6 Å². The number of hydrogen-bond acceptors (Lipinski definition) is 7. The number of alkyl halides is 3. The number of amides is 1. The number of hydrogen-bond donors (Lipinski definition) is 3. The highest BCUT2D eigenvalue weighted by Crippen LogP contribution is 2.38. The molecule has 3 heterocycles. The summed E-state index contributed by atoms with van der Waals surface area (Å²) in [5.41, 5.74) is 2.62. The number of pyridine rings is 1. The molecule has 2 aromatic carbocycles. The number of anilines is 4. The van der Waals surface area contributed by atoms with Crippen LogP contribution in [0, 0.1) is 13.8 Å². The van der Waals surface area contributed by atoms with Crippen LogP contribution >= 0.6 is 0 Å². The summed E-state index contributed by atoms with van der Waals surface area (Å²) < 4.78 is 42.0. The standard InChI is InChI=1S/C30H26F3N7O2/c1-17-6-7-23(14-26(17)39-29-35-10-8-25(38-29)20-5-4-9-34-16-20)40(28(42)19(3)41)24-12-21(27-36-15-18(2)37-27)11-22(13-24)30(31,32)33/h4-16,19,41H,1-3H3,(H,36,37)(H,35,38,39). The number of nitrogens with zero attached hydrogens (tertiary/aromatic N) is 5. The molecule has 0 radical (unpaired) electrons. The van der Waals surface area contributed by atoms with Crippen molar-refractivity contribution in [2.24, 2.45) is 0 Å². The van der Waals surface area contributed by atoms with E-state index in [0.29, 0.717) is 17.1 Å². The molecule has 5 rings (SSSR count). The molecule has 0 bridgehead atoms. The van der Waals surface area contributed by atoms with Crippen molar-refractivity contribution in [2.45, 2.75) is 33.1 Å². The molecule has 214 valence electrons. The highest BCUT2D eigenvalue weighted by atomic mass is 19.4. The zero-order chi connectivity index (χ0) is 30.0. The van der Waals surface area contributed by atoms with Gasteiger partial charge in [0, 0.05) is 47.3 Å². The van der Waals surface area contributed by atoms with Gasteiger partial charge < -0.3 is 15.4 Å². The van der Waals surface area contributed by atoms with E-state index in [1.54, 1.807) is 55.8 Å². The molecule has 3 aromatic heterocycles. The Hall–Kier alpha value is -5.10. The lowest BCUT2D eigenvalue weighted by atomic mass is 10.1. The van der Waals surface area contributed by atoms with E-state index in [1.165, 1.54) is 19.2 Å². The quantitative estimate of drug-likeness (QED) is 0.207. The van der Waals surface area contributed by atoms with E-state index in [-0.39, 0.29) is 28.7 Å². The fraction of sp³-hybridized carbons (Fsp3) is 0.167. The number of H-pyrrole nitrogens is 1.